The van der Waals surface area contributed by atoms with Gasteiger partial charge in [-0.05, 0) is 36.4 Å². The van der Waals surface area contributed by atoms with Crippen molar-refractivity contribution in [2.24, 2.45) is 0 Å². The van der Waals surface area contributed by atoms with Gasteiger partial charge in [0.2, 0.25) is 0 Å². The van der Waals surface area contributed by atoms with Crippen molar-refractivity contribution in [3.63, 3.8) is 0 Å². The summed E-state index contributed by atoms with van der Waals surface area (Å²) in [5, 5.41) is 20.9. The topological polar surface area (TPSA) is 129 Å². The van der Waals surface area contributed by atoms with E-state index in [1.54, 1.807) is 66.7 Å². The van der Waals surface area contributed by atoms with E-state index in [1.807, 2.05) is 0 Å². The van der Waals surface area contributed by atoms with Crippen molar-refractivity contribution >= 4 is 17.9 Å². The summed E-state index contributed by atoms with van der Waals surface area (Å²) in [7, 11) is 0. The van der Waals surface area contributed by atoms with Crippen LogP contribution in [0.25, 0.3) is 0 Å². The Morgan fingerprint density at radius 2 is 1.06 bits per heavy atom. The number of benzene rings is 3. The molecule has 3 aromatic carbocycles. The van der Waals surface area contributed by atoms with Crippen LogP contribution in [0, 0.1) is 0 Å². The van der Waals surface area contributed by atoms with Crippen LogP contribution in [0.4, 0.5) is 0 Å². The van der Waals surface area contributed by atoms with E-state index in [4.69, 9.17) is 18.9 Å². The Balaban J connectivity index is 1.57. The summed E-state index contributed by atoms with van der Waals surface area (Å²) in [5.74, 6) is -2.27. The second kappa shape index (κ2) is 11.6. The van der Waals surface area contributed by atoms with E-state index >= 15 is 0 Å². The van der Waals surface area contributed by atoms with Gasteiger partial charge in [0, 0.05) is 0 Å². The lowest BCUT2D eigenvalue weighted by Gasteiger charge is -2.41. The van der Waals surface area contributed by atoms with E-state index < -0.39 is 55.2 Å². The first-order valence-electron chi connectivity index (χ1n) is 11.2. The van der Waals surface area contributed by atoms with Crippen LogP contribution in [0.5, 0.6) is 0 Å². The lowest BCUT2D eigenvalue weighted by atomic mass is 9.98. The van der Waals surface area contributed by atoms with Crippen LogP contribution in [0.3, 0.4) is 0 Å². The van der Waals surface area contributed by atoms with Crippen molar-refractivity contribution in [2.75, 3.05) is 6.61 Å². The molecule has 1 aliphatic rings. The van der Waals surface area contributed by atoms with Gasteiger partial charge >= 0.3 is 17.9 Å². The highest BCUT2D eigenvalue weighted by Gasteiger charge is 2.50. The molecule has 5 atom stereocenters. The highest BCUT2D eigenvalue weighted by atomic mass is 16.7. The molecule has 36 heavy (non-hydrogen) atoms. The number of hydrogen-bond acceptors (Lipinski definition) is 9. The van der Waals surface area contributed by atoms with E-state index in [0.29, 0.717) is 0 Å². The molecular weight excluding hydrogens is 468 g/mol. The van der Waals surface area contributed by atoms with Crippen LogP contribution >= 0.6 is 0 Å². The zero-order chi connectivity index (χ0) is 25.5. The fourth-order valence-electron chi connectivity index (χ4n) is 3.67. The molecule has 1 heterocycles. The van der Waals surface area contributed by atoms with Gasteiger partial charge in [-0.1, -0.05) is 54.6 Å². The average Bonchev–Trinajstić information content (AvgIpc) is 2.92. The lowest BCUT2D eigenvalue weighted by Crippen LogP contribution is -2.61. The quantitative estimate of drug-likeness (QED) is 0.377. The first-order chi connectivity index (χ1) is 17.4. The third-order valence-corrected chi connectivity index (χ3v) is 5.53. The molecular formula is C27H24O9. The van der Waals surface area contributed by atoms with Gasteiger partial charge in [0.15, 0.2) is 18.5 Å². The molecule has 0 saturated carbocycles. The Morgan fingerprint density at radius 3 is 1.53 bits per heavy atom. The smallest absolute Gasteiger partial charge is 0.338 e. The average molecular weight is 492 g/mol. The fraction of sp³-hybridized carbons (Fsp3) is 0.222. The number of aliphatic hydroxyl groups excluding tert-OH is 2. The lowest BCUT2D eigenvalue weighted by molar-refractivity contribution is -0.285. The SMILES string of the molecule is O=C(OC[C@H]1O[C@H](O)[C@H](O)[C@@H](OC(=O)c2ccccc2)[C@H]1OC(=O)c1ccccc1)c1ccccc1. The fourth-order valence-corrected chi connectivity index (χ4v) is 3.67. The standard InChI is InChI=1S/C27H24O9/c28-21-23(36-26(31)19-14-8-3-9-15-19)22(35-25(30)18-12-6-2-7-13-18)20(34-27(21)32)16-33-24(29)17-10-4-1-5-11-17/h1-15,20-23,27-28,32H,16H2/t20-,21-,22+,23-,27+/m1/s1. The van der Waals surface area contributed by atoms with Crippen molar-refractivity contribution in [3.05, 3.63) is 108 Å². The van der Waals surface area contributed by atoms with Crippen LogP contribution in [0.2, 0.25) is 0 Å². The number of hydrogen-bond donors (Lipinski definition) is 2. The number of esters is 3. The predicted octanol–water partition coefficient (Wildman–Crippen LogP) is 2.37. The van der Waals surface area contributed by atoms with Gasteiger partial charge in [0.25, 0.3) is 0 Å². The van der Waals surface area contributed by atoms with E-state index in [2.05, 4.69) is 0 Å². The van der Waals surface area contributed by atoms with Gasteiger partial charge in [-0.15, -0.1) is 0 Å². The first kappa shape index (κ1) is 25.1. The van der Waals surface area contributed by atoms with Crippen molar-refractivity contribution in [1.82, 2.24) is 0 Å². The third-order valence-electron chi connectivity index (χ3n) is 5.53. The maximum atomic E-state index is 12.8. The van der Waals surface area contributed by atoms with Crippen LogP contribution in [0.15, 0.2) is 91.0 Å². The summed E-state index contributed by atoms with van der Waals surface area (Å²) in [5.41, 5.74) is 0.663. The number of ether oxygens (including phenoxy) is 4. The first-order valence-corrected chi connectivity index (χ1v) is 11.2. The van der Waals surface area contributed by atoms with E-state index in [-0.39, 0.29) is 16.7 Å². The minimum Gasteiger partial charge on any atom is -0.459 e. The van der Waals surface area contributed by atoms with E-state index in [1.165, 1.54) is 24.3 Å². The molecule has 0 aliphatic carbocycles. The Labute approximate surface area is 206 Å². The molecule has 4 rings (SSSR count). The minimum atomic E-state index is -1.80. The van der Waals surface area contributed by atoms with Gasteiger partial charge in [-0.3, -0.25) is 0 Å². The maximum Gasteiger partial charge on any atom is 0.338 e. The monoisotopic (exact) mass is 492 g/mol. The van der Waals surface area contributed by atoms with Gasteiger partial charge in [-0.25, -0.2) is 14.4 Å². The van der Waals surface area contributed by atoms with Crippen molar-refractivity contribution in [3.8, 4) is 0 Å². The van der Waals surface area contributed by atoms with Crippen molar-refractivity contribution in [1.29, 1.82) is 0 Å². The molecule has 1 aliphatic heterocycles. The number of carbonyl (C=O) groups is 3. The number of carbonyl (C=O) groups excluding carboxylic acids is 3. The molecule has 0 radical (unpaired) electrons. The molecule has 0 amide bonds. The molecule has 1 saturated heterocycles. The van der Waals surface area contributed by atoms with Crippen LogP contribution < -0.4 is 0 Å². The highest BCUT2D eigenvalue weighted by Crippen LogP contribution is 2.27. The van der Waals surface area contributed by atoms with Crippen molar-refractivity contribution in [2.45, 2.75) is 30.7 Å². The Bertz CT molecular complexity index is 1170. The van der Waals surface area contributed by atoms with Crippen LogP contribution in [-0.2, 0) is 18.9 Å². The second-order valence-corrected chi connectivity index (χ2v) is 7.99. The summed E-state index contributed by atoms with van der Waals surface area (Å²) in [4.78, 5) is 38.0. The number of aliphatic hydroxyl groups is 2. The van der Waals surface area contributed by atoms with Crippen LogP contribution in [-0.4, -0.2) is 65.4 Å². The Morgan fingerprint density at radius 1 is 0.639 bits per heavy atom. The summed E-state index contributed by atoms with van der Waals surface area (Å²) < 4.78 is 21.8. The molecule has 1 fully saturated rings. The van der Waals surface area contributed by atoms with Gasteiger partial charge in [0.05, 0.1) is 16.7 Å². The van der Waals surface area contributed by atoms with Gasteiger partial charge in [-0.2, -0.15) is 0 Å². The summed E-state index contributed by atoms with van der Waals surface area (Å²) >= 11 is 0. The molecule has 2 N–H and O–H groups in total. The van der Waals surface area contributed by atoms with Gasteiger partial charge in [0.1, 0.15) is 18.8 Å². The maximum absolute atomic E-state index is 12.8. The molecule has 9 nitrogen and oxygen atoms in total. The number of rotatable bonds is 7. The predicted molar refractivity (Wildman–Crippen MR) is 125 cm³/mol. The van der Waals surface area contributed by atoms with E-state index in [0.717, 1.165) is 0 Å². The van der Waals surface area contributed by atoms with Gasteiger partial charge < -0.3 is 29.2 Å². The molecule has 0 bridgehead atoms. The molecule has 3 aromatic rings. The Kier molecular flexibility index (Phi) is 8.06. The summed E-state index contributed by atoms with van der Waals surface area (Å²) in [6, 6.07) is 24.2. The molecule has 0 unspecified atom stereocenters. The normalized spacial score (nSPS) is 23.3. The molecule has 0 aromatic heterocycles. The summed E-state index contributed by atoms with van der Waals surface area (Å²) in [6.45, 7) is -0.455. The molecule has 0 spiro atoms. The Hall–Kier alpha value is -4.05. The van der Waals surface area contributed by atoms with Crippen LogP contribution in [0.1, 0.15) is 31.1 Å². The second-order valence-electron chi connectivity index (χ2n) is 7.99. The third kappa shape index (κ3) is 5.95. The zero-order valence-electron chi connectivity index (χ0n) is 19.0. The molecule has 186 valence electrons. The van der Waals surface area contributed by atoms with E-state index in [9.17, 15) is 24.6 Å². The van der Waals surface area contributed by atoms with Crippen molar-refractivity contribution < 1.29 is 43.5 Å². The molecule has 9 heteroatoms. The summed E-state index contributed by atoms with van der Waals surface area (Å²) in [6.07, 6.45) is -7.72. The highest BCUT2D eigenvalue weighted by molar-refractivity contribution is 5.90. The largest absolute Gasteiger partial charge is 0.459 e. The minimum absolute atomic E-state index is 0.186. The zero-order valence-corrected chi connectivity index (χ0v) is 19.0.